The Labute approximate surface area is 174 Å². The maximum Gasteiger partial charge on any atom is 0.220 e. The van der Waals surface area contributed by atoms with Crippen LogP contribution in [-0.4, -0.2) is 46.6 Å². The Morgan fingerprint density at radius 2 is 1.72 bits per heavy atom. The molecule has 162 valence electrons. The summed E-state index contributed by atoms with van der Waals surface area (Å²) < 4.78 is 0. The number of anilines is 1. The van der Waals surface area contributed by atoms with Gasteiger partial charge in [0.25, 0.3) is 0 Å². The number of unbranched alkanes of at least 4 members (excludes halogenated alkanes) is 3. The Morgan fingerprint density at radius 1 is 1.03 bits per heavy atom. The molecule has 1 amide bonds. The number of carbonyl (C=O) groups is 1. The molecular formula is C23H36N2O4. The minimum atomic E-state index is -0.870. The van der Waals surface area contributed by atoms with Crippen LogP contribution >= 0.6 is 0 Å². The molecule has 1 aliphatic rings. The molecule has 0 bridgehead atoms. The number of rotatable bonds is 12. The number of aliphatic hydroxyl groups is 3. The van der Waals surface area contributed by atoms with Crippen molar-refractivity contribution in [1.29, 1.82) is 0 Å². The van der Waals surface area contributed by atoms with Gasteiger partial charge in [-0.2, -0.15) is 0 Å². The van der Waals surface area contributed by atoms with Crippen LogP contribution in [0.25, 0.3) is 0 Å². The molecular weight excluding hydrogens is 368 g/mol. The topological polar surface area (TPSA) is 102 Å². The summed E-state index contributed by atoms with van der Waals surface area (Å²) in [5.41, 5.74) is 2.06. The van der Waals surface area contributed by atoms with E-state index in [0.29, 0.717) is 25.8 Å². The van der Waals surface area contributed by atoms with Gasteiger partial charge in [-0.25, -0.2) is 0 Å². The fourth-order valence-electron chi connectivity index (χ4n) is 3.92. The highest BCUT2D eigenvalue weighted by molar-refractivity contribution is 5.75. The smallest absolute Gasteiger partial charge is 0.220 e. The van der Waals surface area contributed by atoms with Gasteiger partial charge >= 0.3 is 0 Å². The maximum absolute atomic E-state index is 12.0. The molecule has 1 aliphatic carbocycles. The zero-order chi connectivity index (χ0) is 21.1. The fourth-order valence-corrected chi connectivity index (χ4v) is 3.92. The highest BCUT2D eigenvalue weighted by atomic mass is 16.3. The number of benzene rings is 1. The summed E-state index contributed by atoms with van der Waals surface area (Å²) in [7, 11) is 0. The number of allylic oxidation sites excluding steroid dienone is 1. The quantitative estimate of drug-likeness (QED) is 0.345. The Bertz CT molecular complexity index is 623. The number of amides is 1. The average Bonchev–Trinajstić information content (AvgIpc) is 2.72. The lowest BCUT2D eigenvalue weighted by atomic mass is 9.78. The first-order chi connectivity index (χ1) is 14.0. The van der Waals surface area contributed by atoms with E-state index in [9.17, 15) is 20.1 Å². The van der Waals surface area contributed by atoms with Crippen molar-refractivity contribution >= 4 is 11.6 Å². The Hall–Kier alpha value is -1.89. The van der Waals surface area contributed by atoms with Gasteiger partial charge in [-0.1, -0.05) is 37.6 Å². The monoisotopic (exact) mass is 404 g/mol. The van der Waals surface area contributed by atoms with Gasteiger partial charge in [0.2, 0.25) is 5.91 Å². The highest BCUT2D eigenvalue weighted by Crippen LogP contribution is 2.29. The molecule has 0 radical (unpaired) electrons. The van der Waals surface area contributed by atoms with Crippen LogP contribution in [0.5, 0.6) is 0 Å². The third kappa shape index (κ3) is 8.56. The molecule has 1 saturated carbocycles. The molecule has 6 nitrogen and oxygen atoms in total. The van der Waals surface area contributed by atoms with Crippen molar-refractivity contribution in [3.63, 3.8) is 0 Å². The zero-order valence-electron chi connectivity index (χ0n) is 17.2. The molecule has 6 heteroatoms. The summed E-state index contributed by atoms with van der Waals surface area (Å²) in [5.74, 6) is -0.189. The first kappa shape index (κ1) is 23.4. The van der Waals surface area contributed by atoms with Crippen molar-refractivity contribution in [2.24, 2.45) is 11.8 Å². The average molecular weight is 405 g/mol. The minimum Gasteiger partial charge on any atom is -0.396 e. The second-order valence-electron chi connectivity index (χ2n) is 8.15. The van der Waals surface area contributed by atoms with Gasteiger partial charge in [-0.15, -0.1) is 0 Å². The SMILES string of the molecule is C=C(CCCCCCC(=O)NCC1CC(O)C(O)C(CO)C1)Nc1ccccc1. The molecule has 0 aromatic heterocycles. The number of nitrogens with one attached hydrogen (secondary N) is 2. The Morgan fingerprint density at radius 3 is 2.41 bits per heavy atom. The highest BCUT2D eigenvalue weighted by Gasteiger charge is 2.35. The van der Waals surface area contributed by atoms with E-state index in [-0.39, 0.29) is 24.3 Å². The molecule has 0 saturated heterocycles. The number of aliphatic hydroxyl groups excluding tert-OH is 3. The lowest BCUT2D eigenvalue weighted by molar-refractivity contribution is -0.122. The number of hydrogen-bond acceptors (Lipinski definition) is 5. The lowest BCUT2D eigenvalue weighted by Gasteiger charge is -2.36. The molecule has 0 spiro atoms. The van der Waals surface area contributed by atoms with Crippen molar-refractivity contribution in [3.8, 4) is 0 Å². The summed E-state index contributed by atoms with van der Waals surface area (Å²) in [6, 6.07) is 10.0. The molecule has 0 heterocycles. The molecule has 29 heavy (non-hydrogen) atoms. The van der Waals surface area contributed by atoms with Crippen LogP contribution in [0.3, 0.4) is 0 Å². The van der Waals surface area contributed by atoms with Gasteiger partial charge in [-0.3, -0.25) is 4.79 Å². The van der Waals surface area contributed by atoms with Gasteiger partial charge in [0, 0.05) is 36.9 Å². The largest absolute Gasteiger partial charge is 0.396 e. The molecule has 1 fully saturated rings. The van der Waals surface area contributed by atoms with Crippen molar-refractivity contribution in [3.05, 3.63) is 42.6 Å². The van der Waals surface area contributed by atoms with Crippen LogP contribution < -0.4 is 10.6 Å². The standard InChI is InChI=1S/C23H36N2O4/c1-17(25-20-10-6-4-7-11-20)9-5-2-3-8-12-22(28)24-15-18-13-19(16-26)23(29)21(27)14-18/h4,6-7,10-11,18-19,21,23,25-27,29H,1-3,5,8-9,12-16H2,(H,24,28). The molecule has 1 aromatic rings. The van der Waals surface area contributed by atoms with Crippen molar-refractivity contribution in [2.45, 2.75) is 63.6 Å². The second-order valence-corrected chi connectivity index (χ2v) is 8.15. The minimum absolute atomic E-state index is 0.0290. The van der Waals surface area contributed by atoms with E-state index in [1.54, 1.807) is 0 Å². The summed E-state index contributed by atoms with van der Waals surface area (Å²) in [4.78, 5) is 12.0. The Balaban J connectivity index is 1.50. The number of hydrogen-bond donors (Lipinski definition) is 5. The van der Waals surface area contributed by atoms with Crippen LogP contribution in [0.4, 0.5) is 5.69 Å². The van der Waals surface area contributed by atoms with E-state index < -0.39 is 12.2 Å². The summed E-state index contributed by atoms with van der Waals surface area (Å²) in [6.45, 7) is 4.41. The van der Waals surface area contributed by atoms with Crippen molar-refractivity contribution < 1.29 is 20.1 Å². The maximum atomic E-state index is 12.0. The molecule has 4 atom stereocenters. The molecule has 1 aromatic carbocycles. The third-order valence-corrected chi connectivity index (χ3v) is 5.64. The van der Waals surface area contributed by atoms with Crippen LogP contribution in [0.1, 0.15) is 51.4 Å². The summed E-state index contributed by atoms with van der Waals surface area (Å²) in [5, 5.41) is 35.2. The van der Waals surface area contributed by atoms with Gasteiger partial charge < -0.3 is 26.0 Å². The van der Waals surface area contributed by atoms with Crippen LogP contribution in [-0.2, 0) is 4.79 Å². The number of para-hydroxylation sites is 1. The number of carbonyl (C=O) groups excluding carboxylic acids is 1. The Kier molecular flexibility index (Phi) is 10.2. The lowest BCUT2D eigenvalue weighted by Crippen LogP contribution is -2.45. The zero-order valence-corrected chi connectivity index (χ0v) is 17.2. The normalized spacial score (nSPS) is 24.1. The predicted molar refractivity (Wildman–Crippen MR) is 115 cm³/mol. The van der Waals surface area contributed by atoms with E-state index >= 15 is 0 Å². The van der Waals surface area contributed by atoms with E-state index in [1.165, 1.54) is 0 Å². The van der Waals surface area contributed by atoms with Crippen LogP contribution in [0.2, 0.25) is 0 Å². The fraction of sp³-hybridized carbons (Fsp3) is 0.609. The first-order valence-electron chi connectivity index (χ1n) is 10.7. The van der Waals surface area contributed by atoms with Crippen molar-refractivity contribution in [1.82, 2.24) is 5.32 Å². The van der Waals surface area contributed by atoms with Crippen LogP contribution in [0.15, 0.2) is 42.6 Å². The van der Waals surface area contributed by atoms with Crippen molar-refractivity contribution in [2.75, 3.05) is 18.5 Å². The third-order valence-electron chi connectivity index (χ3n) is 5.64. The van der Waals surface area contributed by atoms with E-state index in [1.807, 2.05) is 30.3 Å². The van der Waals surface area contributed by atoms with Gasteiger partial charge in [0.05, 0.1) is 12.2 Å². The molecule has 4 unspecified atom stereocenters. The first-order valence-corrected chi connectivity index (χ1v) is 10.7. The molecule has 5 N–H and O–H groups in total. The summed E-state index contributed by atoms with van der Waals surface area (Å²) in [6.07, 6.45) is 4.78. The van der Waals surface area contributed by atoms with E-state index in [2.05, 4.69) is 17.2 Å². The molecule has 0 aliphatic heterocycles. The summed E-state index contributed by atoms with van der Waals surface area (Å²) >= 11 is 0. The van der Waals surface area contributed by atoms with Gasteiger partial charge in [0.1, 0.15) is 0 Å². The van der Waals surface area contributed by atoms with E-state index in [4.69, 9.17) is 0 Å². The van der Waals surface area contributed by atoms with E-state index in [0.717, 1.165) is 43.5 Å². The van der Waals surface area contributed by atoms with Crippen LogP contribution in [0, 0.1) is 11.8 Å². The van der Waals surface area contributed by atoms with Gasteiger partial charge in [0.15, 0.2) is 0 Å². The second kappa shape index (κ2) is 12.6. The molecule has 2 rings (SSSR count). The van der Waals surface area contributed by atoms with Gasteiger partial charge in [-0.05, 0) is 50.2 Å². The predicted octanol–water partition coefficient (Wildman–Crippen LogP) is 2.81.